The van der Waals surface area contributed by atoms with E-state index in [2.05, 4.69) is 32.1 Å². The molecule has 1 N–H and O–H groups in total. The van der Waals surface area contributed by atoms with Crippen molar-refractivity contribution >= 4 is 11.9 Å². The number of carbonyl (C=O) groups is 2. The van der Waals surface area contributed by atoms with Crippen LogP contribution < -0.4 is 0 Å². The van der Waals surface area contributed by atoms with Gasteiger partial charge in [0.2, 0.25) is 0 Å². The van der Waals surface area contributed by atoms with Crippen LogP contribution in [-0.2, 0) is 19.1 Å². The highest BCUT2D eigenvalue weighted by Crippen LogP contribution is 2.13. The first-order valence-corrected chi connectivity index (χ1v) is 16.9. The van der Waals surface area contributed by atoms with Gasteiger partial charge in [-0.15, -0.1) is 0 Å². The van der Waals surface area contributed by atoms with Crippen molar-refractivity contribution in [3.8, 4) is 0 Å². The molecule has 0 saturated carbocycles. The van der Waals surface area contributed by atoms with Crippen molar-refractivity contribution in [1.29, 1.82) is 0 Å². The maximum atomic E-state index is 12.1. The smallest absolute Gasteiger partial charge is 0.306 e. The lowest BCUT2D eigenvalue weighted by atomic mass is 10.0. The first-order valence-electron chi connectivity index (χ1n) is 16.9. The number of allylic oxidation sites excluding steroid dienone is 4. The Morgan fingerprint density at radius 3 is 1.57 bits per heavy atom. The highest BCUT2D eigenvalue weighted by atomic mass is 16.6. The third-order valence-electron chi connectivity index (χ3n) is 7.26. The lowest BCUT2D eigenvalue weighted by Gasteiger charge is -2.15. The van der Waals surface area contributed by atoms with Crippen molar-refractivity contribution in [3.05, 3.63) is 24.3 Å². The zero-order chi connectivity index (χ0) is 29.4. The summed E-state index contributed by atoms with van der Waals surface area (Å²) in [6.07, 6.45) is 35.2. The molecule has 0 amide bonds. The van der Waals surface area contributed by atoms with Crippen molar-refractivity contribution in [3.63, 3.8) is 0 Å². The van der Waals surface area contributed by atoms with Gasteiger partial charge in [-0.1, -0.05) is 147 Å². The molecule has 0 bridgehead atoms. The summed E-state index contributed by atoms with van der Waals surface area (Å²) < 4.78 is 10.5. The molecule has 0 aromatic rings. The Bertz CT molecular complexity index is 613. The lowest BCUT2D eigenvalue weighted by molar-refractivity contribution is -0.161. The van der Waals surface area contributed by atoms with E-state index in [0.29, 0.717) is 12.8 Å². The topological polar surface area (TPSA) is 72.8 Å². The van der Waals surface area contributed by atoms with Crippen LogP contribution in [0.1, 0.15) is 168 Å². The molecule has 0 aromatic heterocycles. The second kappa shape index (κ2) is 31.9. The van der Waals surface area contributed by atoms with Gasteiger partial charge in [-0.05, 0) is 32.1 Å². The molecule has 5 heteroatoms. The maximum Gasteiger partial charge on any atom is 0.306 e. The van der Waals surface area contributed by atoms with E-state index < -0.39 is 6.10 Å². The van der Waals surface area contributed by atoms with Crippen LogP contribution in [0.2, 0.25) is 0 Å². The molecule has 0 aliphatic heterocycles. The predicted octanol–water partition coefficient (Wildman–Crippen LogP) is 9.95. The van der Waals surface area contributed by atoms with Gasteiger partial charge >= 0.3 is 11.9 Å². The molecule has 0 radical (unpaired) electrons. The number of ether oxygens (including phenoxy) is 2. The van der Waals surface area contributed by atoms with E-state index in [-0.39, 0.29) is 31.6 Å². The number of aliphatic hydroxyl groups excluding tert-OH is 1. The molecule has 5 nitrogen and oxygen atoms in total. The van der Waals surface area contributed by atoms with Gasteiger partial charge in [-0.2, -0.15) is 0 Å². The zero-order valence-electron chi connectivity index (χ0n) is 26.4. The minimum atomic E-state index is -0.786. The van der Waals surface area contributed by atoms with E-state index in [1.165, 1.54) is 103 Å². The number of rotatable bonds is 30. The minimum Gasteiger partial charge on any atom is -0.462 e. The number of esters is 2. The molecule has 0 fully saturated rings. The first kappa shape index (κ1) is 38.4. The Kier molecular flexibility index (Phi) is 30.6. The SMILES string of the molecule is CCCCCCCC/C=C/C/C=C/CCC(=O)OCC(CO)OC(=O)CCCCCCCCCCCCCCC. The summed E-state index contributed by atoms with van der Waals surface area (Å²) in [7, 11) is 0. The molecule has 0 aliphatic carbocycles. The Hall–Kier alpha value is -1.62. The van der Waals surface area contributed by atoms with Crippen molar-refractivity contribution in [2.45, 2.75) is 174 Å². The van der Waals surface area contributed by atoms with Crippen LogP contribution in [0.5, 0.6) is 0 Å². The molecular weight excluding hydrogens is 500 g/mol. The molecule has 0 saturated heterocycles. The van der Waals surface area contributed by atoms with E-state index in [1.807, 2.05) is 6.08 Å². The fraction of sp³-hybridized carbons (Fsp3) is 0.829. The predicted molar refractivity (Wildman–Crippen MR) is 168 cm³/mol. The van der Waals surface area contributed by atoms with Gasteiger partial charge in [0.15, 0.2) is 6.10 Å². The van der Waals surface area contributed by atoms with Crippen molar-refractivity contribution in [1.82, 2.24) is 0 Å². The summed E-state index contributed by atoms with van der Waals surface area (Å²) in [4.78, 5) is 24.0. The number of aliphatic hydroxyl groups is 1. The van der Waals surface area contributed by atoms with Gasteiger partial charge in [0, 0.05) is 12.8 Å². The summed E-state index contributed by atoms with van der Waals surface area (Å²) >= 11 is 0. The van der Waals surface area contributed by atoms with Gasteiger partial charge < -0.3 is 14.6 Å². The second-order valence-corrected chi connectivity index (χ2v) is 11.2. The molecular formula is C35H64O5. The standard InChI is InChI=1S/C35H64O5/c1-3-5-7-9-11-13-15-17-19-21-23-25-27-29-34(37)39-32-33(31-36)40-35(38)30-28-26-24-22-20-18-16-14-12-10-8-6-4-2/h17,19,23,25,33,36H,3-16,18,20-22,24,26-32H2,1-2H3/b19-17+,25-23+. The average Bonchev–Trinajstić information content (AvgIpc) is 2.96. The quantitative estimate of drug-likeness (QED) is 0.0534. The Labute approximate surface area is 247 Å². The first-order chi connectivity index (χ1) is 19.6. The molecule has 0 heterocycles. The zero-order valence-corrected chi connectivity index (χ0v) is 26.4. The molecule has 234 valence electrons. The van der Waals surface area contributed by atoms with E-state index in [4.69, 9.17) is 9.47 Å². The molecule has 0 aromatic carbocycles. The number of hydrogen-bond donors (Lipinski definition) is 1. The van der Waals surface area contributed by atoms with Crippen LogP contribution in [0.3, 0.4) is 0 Å². The molecule has 0 rings (SSSR count). The Morgan fingerprint density at radius 2 is 1.05 bits per heavy atom. The molecule has 0 spiro atoms. The average molecular weight is 565 g/mol. The van der Waals surface area contributed by atoms with Crippen LogP contribution in [0, 0.1) is 0 Å². The van der Waals surface area contributed by atoms with Crippen LogP contribution >= 0.6 is 0 Å². The van der Waals surface area contributed by atoms with Crippen LogP contribution in [0.4, 0.5) is 0 Å². The van der Waals surface area contributed by atoms with E-state index in [1.54, 1.807) is 0 Å². The molecule has 1 atom stereocenters. The van der Waals surface area contributed by atoms with E-state index in [0.717, 1.165) is 32.1 Å². The van der Waals surface area contributed by atoms with Gasteiger partial charge in [-0.25, -0.2) is 0 Å². The van der Waals surface area contributed by atoms with Crippen LogP contribution in [0.15, 0.2) is 24.3 Å². The van der Waals surface area contributed by atoms with Crippen molar-refractivity contribution in [2.24, 2.45) is 0 Å². The summed E-state index contributed by atoms with van der Waals surface area (Å²) in [5.41, 5.74) is 0. The number of hydrogen-bond acceptors (Lipinski definition) is 5. The van der Waals surface area contributed by atoms with Gasteiger partial charge in [0.1, 0.15) is 6.61 Å². The fourth-order valence-corrected chi connectivity index (χ4v) is 4.66. The highest BCUT2D eigenvalue weighted by molar-refractivity contribution is 5.70. The minimum absolute atomic E-state index is 0.0927. The van der Waals surface area contributed by atoms with Crippen molar-refractivity contribution < 1.29 is 24.2 Å². The van der Waals surface area contributed by atoms with E-state index in [9.17, 15) is 14.7 Å². The third-order valence-corrected chi connectivity index (χ3v) is 7.26. The fourth-order valence-electron chi connectivity index (χ4n) is 4.66. The van der Waals surface area contributed by atoms with Crippen molar-refractivity contribution in [2.75, 3.05) is 13.2 Å². The molecule has 0 aliphatic rings. The number of unbranched alkanes of at least 4 members (excludes halogenated alkanes) is 18. The highest BCUT2D eigenvalue weighted by Gasteiger charge is 2.15. The Balaban J connectivity index is 3.65. The van der Waals surface area contributed by atoms with E-state index >= 15 is 0 Å². The molecule has 1 unspecified atom stereocenters. The van der Waals surface area contributed by atoms with Crippen LogP contribution in [-0.4, -0.2) is 36.4 Å². The van der Waals surface area contributed by atoms with Gasteiger partial charge in [0.25, 0.3) is 0 Å². The van der Waals surface area contributed by atoms with Crippen LogP contribution in [0.25, 0.3) is 0 Å². The normalized spacial score (nSPS) is 12.4. The van der Waals surface area contributed by atoms with Gasteiger partial charge in [0.05, 0.1) is 6.61 Å². The summed E-state index contributed by atoms with van der Waals surface area (Å²) in [5, 5.41) is 9.48. The lowest BCUT2D eigenvalue weighted by Crippen LogP contribution is -2.28. The summed E-state index contributed by atoms with van der Waals surface area (Å²) in [6.45, 7) is 4.06. The Morgan fingerprint density at radius 1 is 0.575 bits per heavy atom. The third kappa shape index (κ3) is 29.4. The maximum absolute atomic E-state index is 12.1. The van der Waals surface area contributed by atoms with Gasteiger partial charge in [-0.3, -0.25) is 9.59 Å². The second-order valence-electron chi connectivity index (χ2n) is 11.2. The monoisotopic (exact) mass is 564 g/mol. The molecule has 40 heavy (non-hydrogen) atoms. The number of carbonyl (C=O) groups excluding carboxylic acids is 2. The summed E-state index contributed by atoms with van der Waals surface area (Å²) in [6, 6.07) is 0. The largest absolute Gasteiger partial charge is 0.462 e. The summed E-state index contributed by atoms with van der Waals surface area (Å²) in [5.74, 6) is -0.667.